The molecule has 122 valence electrons. The molecule has 1 aromatic carbocycles. The molecule has 1 aromatic heterocycles. The number of nitrogens with two attached hydrogens (primary N) is 1. The van der Waals surface area contributed by atoms with Gasteiger partial charge in [0.15, 0.2) is 5.16 Å². The van der Waals surface area contributed by atoms with Crippen LogP contribution in [0.5, 0.6) is 0 Å². The summed E-state index contributed by atoms with van der Waals surface area (Å²) in [7, 11) is 0. The fourth-order valence-electron chi connectivity index (χ4n) is 3.21. The van der Waals surface area contributed by atoms with Crippen LogP contribution in [0.1, 0.15) is 54.8 Å². The van der Waals surface area contributed by atoms with E-state index in [-0.39, 0.29) is 5.91 Å². The van der Waals surface area contributed by atoms with Crippen LogP contribution in [0.2, 0.25) is 0 Å². The molecule has 0 radical (unpaired) electrons. The van der Waals surface area contributed by atoms with E-state index in [1.54, 1.807) is 0 Å². The summed E-state index contributed by atoms with van der Waals surface area (Å²) in [6, 6.07) is 10.1. The fraction of sp³-hybridized carbons (Fsp3) is 0.471. The zero-order valence-electron chi connectivity index (χ0n) is 13.3. The third-order valence-corrected chi connectivity index (χ3v) is 5.59. The number of thioether (sulfide) groups is 1. The summed E-state index contributed by atoms with van der Waals surface area (Å²) >= 11 is 1.41. The second-order valence-corrected chi connectivity index (χ2v) is 7.07. The van der Waals surface area contributed by atoms with Gasteiger partial charge in [-0.2, -0.15) is 0 Å². The van der Waals surface area contributed by atoms with Crippen LogP contribution in [0, 0.1) is 6.92 Å². The Hall–Kier alpha value is -1.82. The van der Waals surface area contributed by atoms with Gasteiger partial charge >= 0.3 is 0 Å². The number of primary amides is 1. The molecule has 0 unspecified atom stereocenters. The maximum atomic E-state index is 11.9. The van der Waals surface area contributed by atoms with Gasteiger partial charge < -0.3 is 10.3 Å². The molecule has 0 spiro atoms. The Morgan fingerprint density at radius 2 is 1.91 bits per heavy atom. The van der Waals surface area contributed by atoms with E-state index in [1.165, 1.54) is 31.0 Å². The largest absolute Gasteiger partial charge is 0.368 e. The summed E-state index contributed by atoms with van der Waals surface area (Å²) in [6.07, 6.45) is 6.08. The van der Waals surface area contributed by atoms with Gasteiger partial charge in [-0.15, -0.1) is 10.2 Å². The van der Waals surface area contributed by atoms with Crippen molar-refractivity contribution in [1.82, 2.24) is 14.8 Å². The lowest BCUT2D eigenvalue weighted by Crippen LogP contribution is -2.20. The van der Waals surface area contributed by atoms with Gasteiger partial charge in [0.2, 0.25) is 5.91 Å². The fourth-order valence-corrected chi connectivity index (χ4v) is 4.32. The highest BCUT2D eigenvalue weighted by Gasteiger charge is 2.26. The third kappa shape index (κ3) is 3.58. The number of carbonyl (C=O) groups is 1. The van der Waals surface area contributed by atoms with Crippen molar-refractivity contribution in [3.05, 3.63) is 41.7 Å². The average molecular weight is 330 g/mol. The normalized spacial score (nSPS) is 17.1. The molecule has 23 heavy (non-hydrogen) atoms. The monoisotopic (exact) mass is 330 g/mol. The van der Waals surface area contributed by atoms with Crippen molar-refractivity contribution in [2.75, 3.05) is 0 Å². The molecule has 2 aromatic rings. The minimum Gasteiger partial charge on any atom is -0.368 e. The molecule has 5 nitrogen and oxygen atoms in total. The van der Waals surface area contributed by atoms with E-state index < -0.39 is 5.25 Å². The molecule has 3 rings (SSSR count). The van der Waals surface area contributed by atoms with Crippen molar-refractivity contribution >= 4 is 17.7 Å². The van der Waals surface area contributed by atoms with Crippen LogP contribution in [0.3, 0.4) is 0 Å². The molecule has 1 amide bonds. The Balaban J connectivity index is 1.88. The van der Waals surface area contributed by atoms with Crippen LogP contribution >= 0.6 is 11.8 Å². The second kappa shape index (κ2) is 7.17. The molecule has 1 aliphatic rings. The maximum absolute atomic E-state index is 11.9. The quantitative estimate of drug-likeness (QED) is 0.853. The molecule has 0 aliphatic heterocycles. The standard InChI is InChI=1S/C17H22N4OS/c1-12-19-20-17(21(12)14-10-6-3-7-11-14)23-15(16(18)22)13-8-4-2-5-9-13/h2,4-5,8-9,14-15H,3,6-7,10-11H2,1H3,(H2,18,22)/t15-/m0/s1. The van der Waals surface area contributed by atoms with Crippen molar-refractivity contribution in [3.63, 3.8) is 0 Å². The van der Waals surface area contributed by atoms with Crippen LogP contribution in [-0.4, -0.2) is 20.7 Å². The summed E-state index contributed by atoms with van der Waals surface area (Å²) in [4.78, 5) is 11.9. The summed E-state index contributed by atoms with van der Waals surface area (Å²) in [6.45, 7) is 1.98. The number of amides is 1. The topological polar surface area (TPSA) is 73.8 Å². The van der Waals surface area contributed by atoms with Crippen molar-refractivity contribution < 1.29 is 4.79 Å². The molecule has 0 saturated heterocycles. The first kappa shape index (κ1) is 16.1. The van der Waals surface area contributed by atoms with E-state index in [2.05, 4.69) is 14.8 Å². The van der Waals surface area contributed by atoms with Gasteiger partial charge in [0.05, 0.1) is 0 Å². The van der Waals surface area contributed by atoms with Gasteiger partial charge in [0.1, 0.15) is 11.1 Å². The van der Waals surface area contributed by atoms with Gasteiger partial charge in [0, 0.05) is 6.04 Å². The third-order valence-electron chi connectivity index (χ3n) is 4.36. The molecular formula is C17H22N4OS. The molecule has 6 heteroatoms. The summed E-state index contributed by atoms with van der Waals surface area (Å²) < 4.78 is 2.20. The molecule has 1 fully saturated rings. The summed E-state index contributed by atoms with van der Waals surface area (Å²) in [5, 5.41) is 8.90. The first-order chi connectivity index (χ1) is 11.2. The number of nitrogens with zero attached hydrogens (tertiary/aromatic N) is 3. The molecule has 1 saturated carbocycles. The summed E-state index contributed by atoms with van der Waals surface area (Å²) in [5.41, 5.74) is 6.54. The Bertz CT molecular complexity index is 664. The van der Waals surface area contributed by atoms with Crippen molar-refractivity contribution in [2.45, 2.75) is 55.5 Å². The predicted octanol–water partition coefficient (Wildman–Crippen LogP) is 3.41. The number of benzene rings is 1. The van der Waals surface area contributed by atoms with Crippen LogP contribution in [-0.2, 0) is 4.79 Å². The van der Waals surface area contributed by atoms with Crippen LogP contribution < -0.4 is 5.73 Å². The van der Waals surface area contributed by atoms with Gasteiger partial charge in [0.25, 0.3) is 0 Å². The van der Waals surface area contributed by atoms with E-state index in [9.17, 15) is 4.79 Å². The molecule has 1 aliphatic carbocycles. The molecule has 1 heterocycles. The highest BCUT2D eigenvalue weighted by Crippen LogP contribution is 2.38. The molecule has 0 bridgehead atoms. The van der Waals surface area contributed by atoms with E-state index >= 15 is 0 Å². The zero-order valence-corrected chi connectivity index (χ0v) is 14.1. The average Bonchev–Trinajstić information content (AvgIpc) is 2.94. The maximum Gasteiger partial charge on any atom is 0.235 e. The van der Waals surface area contributed by atoms with E-state index in [0.29, 0.717) is 6.04 Å². The van der Waals surface area contributed by atoms with Crippen molar-refractivity contribution in [3.8, 4) is 0 Å². The highest BCUT2D eigenvalue weighted by molar-refractivity contribution is 8.00. The SMILES string of the molecule is Cc1nnc(S[C@H](C(N)=O)c2ccccc2)n1C1CCCCC1. The Kier molecular flexibility index (Phi) is 5.00. The lowest BCUT2D eigenvalue weighted by atomic mass is 9.95. The molecule has 1 atom stereocenters. The zero-order chi connectivity index (χ0) is 16.2. The minimum absolute atomic E-state index is 0.350. The Labute approximate surface area is 140 Å². The number of rotatable bonds is 5. The lowest BCUT2D eigenvalue weighted by molar-refractivity contribution is -0.117. The number of aryl methyl sites for hydroxylation is 1. The van der Waals surface area contributed by atoms with Crippen LogP contribution in [0.15, 0.2) is 35.5 Å². The Morgan fingerprint density at radius 3 is 2.57 bits per heavy atom. The second-order valence-electron chi connectivity index (χ2n) is 6.00. The molecular weight excluding hydrogens is 308 g/mol. The van der Waals surface area contributed by atoms with Gasteiger partial charge in [-0.25, -0.2) is 0 Å². The minimum atomic E-state index is -0.442. The van der Waals surface area contributed by atoms with Gasteiger partial charge in [-0.1, -0.05) is 61.4 Å². The van der Waals surface area contributed by atoms with Crippen molar-refractivity contribution in [2.24, 2.45) is 5.73 Å². The summed E-state index contributed by atoms with van der Waals surface area (Å²) in [5.74, 6) is 0.563. The van der Waals surface area contributed by atoms with Gasteiger partial charge in [-0.05, 0) is 25.3 Å². The number of carbonyl (C=O) groups excluding carboxylic acids is 1. The van der Waals surface area contributed by atoms with E-state index in [1.807, 2.05) is 37.3 Å². The van der Waals surface area contributed by atoms with E-state index in [0.717, 1.165) is 29.4 Å². The highest BCUT2D eigenvalue weighted by atomic mass is 32.2. The van der Waals surface area contributed by atoms with Crippen LogP contribution in [0.25, 0.3) is 0 Å². The molecule has 2 N–H and O–H groups in total. The van der Waals surface area contributed by atoms with E-state index in [4.69, 9.17) is 5.73 Å². The lowest BCUT2D eigenvalue weighted by Gasteiger charge is -2.25. The first-order valence-corrected chi connectivity index (χ1v) is 8.97. The van der Waals surface area contributed by atoms with Gasteiger partial charge in [-0.3, -0.25) is 4.79 Å². The Morgan fingerprint density at radius 1 is 1.22 bits per heavy atom. The number of hydrogen-bond donors (Lipinski definition) is 1. The predicted molar refractivity (Wildman–Crippen MR) is 91.1 cm³/mol. The first-order valence-electron chi connectivity index (χ1n) is 8.09. The van der Waals surface area contributed by atoms with Crippen molar-refractivity contribution in [1.29, 1.82) is 0 Å². The number of aromatic nitrogens is 3. The number of hydrogen-bond acceptors (Lipinski definition) is 4. The van der Waals surface area contributed by atoms with Crippen LogP contribution in [0.4, 0.5) is 0 Å². The smallest absolute Gasteiger partial charge is 0.235 e.